The average molecular weight is 346 g/mol. The van der Waals surface area contributed by atoms with Gasteiger partial charge in [0.2, 0.25) is 0 Å². The first-order valence-electron chi connectivity index (χ1n) is 8.23. The Bertz CT molecular complexity index is 700. The van der Waals surface area contributed by atoms with Crippen molar-refractivity contribution in [1.82, 2.24) is 5.32 Å². The van der Waals surface area contributed by atoms with Crippen molar-refractivity contribution in [3.8, 4) is 5.75 Å². The van der Waals surface area contributed by atoms with Gasteiger partial charge < -0.3 is 10.1 Å². The first kappa shape index (κ1) is 18.3. The molecule has 1 atom stereocenters. The van der Waals surface area contributed by atoms with Crippen molar-refractivity contribution in [3.05, 3.63) is 64.2 Å². The van der Waals surface area contributed by atoms with Gasteiger partial charge in [0.25, 0.3) is 5.91 Å². The maximum atomic E-state index is 12.2. The molecule has 1 amide bonds. The van der Waals surface area contributed by atoms with Crippen LogP contribution in [0, 0.1) is 13.8 Å². The van der Waals surface area contributed by atoms with E-state index in [1.807, 2.05) is 56.3 Å². The van der Waals surface area contributed by atoms with Crippen LogP contribution in [0.25, 0.3) is 0 Å². The number of hydrogen-bond donors (Lipinski definition) is 1. The van der Waals surface area contributed by atoms with Crippen molar-refractivity contribution in [2.24, 2.45) is 0 Å². The SMILES string of the molecule is Cc1cccc(O[C@@H](C)C(=O)NCCCc2ccccc2Cl)c1C. The fraction of sp³-hybridized carbons (Fsp3) is 0.350. The minimum absolute atomic E-state index is 0.102. The van der Waals surface area contributed by atoms with Crippen LogP contribution in [-0.4, -0.2) is 18.6 Å². The molecule has 0 aliphatic carbocycles. The van der Waals surface area contributed by atoms with E-state index in [9.17, 15) is 4.79 Å². The lowest BCUT2D eigenvalue weighted by atomic mass is 10.1. The lowest BCUT2D eigenvalue weighted by Crippen LogP contribution is -2.37. The molecule has 0 unspecified atom stereocenters. The molecule has 0 radical (unpaired) electrons. The summed E-state index contributed by atoms with van der Waals surface area (Å²) in [5.41, 5.74) is 3.32. The molecular weight excluding hydrogens is 322 g/mol. The molecule has 0 spiro atoms. The van der Waals surface area contributed by atoms with E-state index >= 15 is 0 Å². The minimum Gasteiger partial charge on any atom is -0.481 e. The summed E-state index contributed by atoms with van der Waals surface area (Å²) < 4.78 is 5.79. The molecular formula is C20H24ClNO2. The zero-order chi connectivity index (χ0) is 17.5. The van der Waals surface area contributed by atoms with E-state index in [0.29, 0.717) is 6.54 Å². The highest BCUT2D eigenvalue weighted by Crippen LogP contribution is 2.21. The van der Waals surface area contributed by atoms with Crippen LogP contribution in [0.15, 0.2) is 42.5 Å². The Hall–Kier alpha value is -2.00. The van der Waals surface area contributed by atoms with Crippen LogP contribution < -0.4 is 10.1 Å². The molecule has 24 heavy (non-hydrogen) atoms. The largest absolute Gasteiger partial charge is 0.481 e. The molecule has 0 heterocycles. The third kappa shape index (κ3) is 5.00. The number of hydrogen-bond acceptors (Lipinski definition) is 2. The monoisotopic (exact) mass is 345 g/mol. The second-order valence-corrected chi connectivity index (χ2v) is 6.35. The number of rotatable bonds is 7. The van der Waals surface area contributed by atoms with Crippen molar-refractivity contribution in [1.29, 1.82) is 0 Å². The molecule has 0 fully saturated rings. The zero-order valence-corrected chi connectivity index (χ0v) is 15.2. The van der Waals surface area contributed by atoms with E-state index in [0.717, 1.165) is 40.3 Å². The van der Waals surface area contributed by atoms with E-state index in [2.05, 4.69) is 5.32 Å². The van der Waals surface area contributed by atoms with Crippen LogP contribution >= 0.6 is 11.6 Å². The predicted octanol–water partition coefficient (Wildman–Crippen LogP) is 4.47. The lowest BCUT2D eigenvalue weighted by Gasteiger charge is -2.17. The Balaban J connectivity index is 1.78. The Morgan fingerprint density at radius 1 is 1.17 bits per heavy atom. The zero-order valence-electron chi connectivity index (χ0n) is 14.4. The van der Waals surface area contributed by atoms with Crippen molar-refractivity contribution < 1.29 is 9.53 Å². The quantitative estimate of drug-likeness (QED) is 0.752. The van der Waals surface area contributed by atoms with Crippen LogP contribution in [0.2, 0.25) is 5.02 Å². The standard InChI is InChI=1S/C20H24ClNO2/c1-14-8-6-12-19(15(14)2)24-16(3)20(23)22-13-7-10-17-9-4-5-11-18(17)21/h4-6,8-9,11-12,16H,7,10,13H2,1-3H3,(H,22,23)/t16-/m0/s1. The first-order chi connectivity index (χ1) is 11.5. The Labute approximate surface area is 149 Å². The van der Waals surface area contributed by atoms with Gasteiger partial charge in [0, 0.05) is 11.6 Å². The van der Waals surface area contributed by atoms with Gasteiger partial charge >= 0.3 is 0 Å². The summed E-state index contributed by atoms with van der Waals surface area (Å²) in [6.07, 6.45) is 1.16. The summed E-state index contributed by atoms with van der Waals surface area (Å²) in [7, 11) is 0. The molecule has 0 aromatic heterocycles. The van der Waals surface area contributed by atoms with Crippen LogP contribution in [0.1, 0.15) is 30.0 Å². The van der Waals surface area contributed by atoms with Gasteiger partial charge in [-0.05, 0) is 62.4 Å². The Kier molecular flexibility index (Phi) is 6.68. The highest BCUT2D eigenvalue weighted by atomic mass is 35.5. The van der Waals surface area contributed by atoms with Crippen LogP contribution in [-0.2, 0) is 11.2 Å². The number of aryl methyl sites for hydroxylation is 2. The molecule has 0 saturated heterocycles. The van der Waals surface area contributed by atoms with E-state index in [1.165, 1.54) is 0 Å². The fourth-order valence-corrected chi connectivity index (χ4v) is 2.66. The lowest BCUT2D eigenvalue weighted by molar-refractivity contribution is -0.127. The van der Waals surface area contributed by atoms with Gasteiger partial charge in [-0.3, -0.25) is 4.79 Å². The summed E-state index contributed by atoms with van der Waals surface area (Å²) in [6, 6.07) is 13.6. The van der Waals surface area contributed by atoms with E-state index in [-0.39, 0.29) is 5.91 Å². The summed E-state index contributed by atoms with van der Waals surface area (Å²) in [5.74, 6) is 0.656. The Morgan fingerprint density at radius 3 is 2.67 bits per heavy atom. The summed E-state index contributed by atoms with van der Waals surface area (Å²) >= 11 is 6.13. The molecule has 2 rings (SSSR count). The fourth-order valence-electron chi connectivity index (χ4n) is 2.43. The number of carbonyl (C=O) groups is 1. The third-order valence-electron chi connectivity index (χ3n) is 4.11. The number of nitrogens with one attached hydrogen (secondary N) is 1. The second kappa shape index (κ2) is 8.74. The smallest absolute Gasteiger partial charge is 0.260 e. The topological polar surface area (TPSA) is 38.3 Å². The molecule has 3 nitrogen and oxygen atoms in total. The second-order valence-electron chi connectivity index (χ2n) is 5.94. The Morgan fingerprint density at radius 2 is 1.92 bits per heavy atom. The van der Waals surface area contributed by atoms with Crippen LogP contribution in [0.3, 0.4) is 0 Å². The van der Waals surface area contributed by atoms with Gasteiger partial charge in [-0.25, -0.2) is 0 Å². The van der Waals surface area contributed by atoms with Crippen molar-refractivity contribution in [2.45, 2.75) is 39.7 Å². The van der Waals surface area contributed by atoms with Gasteiger partial charge in [0.1, 0.15) is 5.75 Å². The molecule has 2 aromatic carbocycles. The maximum Gasteiger partial charge on any atom is 0.260 e. The van der Waals surface area contributed by atoms with Gasteiger partial charge in [-0.1, -0.05) is 41.9 Å². The third-order valence-corrected chi connectivity index (χ3v) is 4.48. The molecule has 128 valence electrons. The van der Waals surface area contributed by atoms with Crippen molar-refractivity contribution in [2.75, 3.05) is 6.54 Å². The van der Waals surface area contributed by atoms with Gasteiger partial charge in [-0.15, -0.1) is 0 Å². The van der Waals surface area contributed by atoms with Gasteiger partial charge in [0.05, 0.1) is 0 Å². The highest BCUT2D eigenvalue weighted by Gasteiger charge is 2.15. The van der Waals surface area contributed by atoms with Gasteiger partial charge in [0.15, 0.2) is 6.10 Å². The highest BCUT2D eigenvalue weighted by molar-refractivity contribution is 6.31. The predicted molar refractivity (Wildman–Crippen MR) is 98.8 cm³/mol. The number of benzene rings is 2. The molecule has 0 aliphatic heterocycles. The molecule has 0 aliphatic rings. The number of amides is 1. The minimum atomic E-state index is -0.522. The number of carbonyl (C=O) groups excluding carboxylic acids is 1. The maximum absolute atomic E-state index is 12.2. The summed E-state index contributed by atoms with van der Waals surface area (Å²) in [5, 5.41) is 3.69. The van der Waals surface area contributed by atoms with Crippen LogP contribution in [0.4, 0.5) is 0 Å². The molecule has 0 saturated carbocycles. The molecule has 1 N–H and O–H groups in total. The summed E-state index contributed by atoms with van der Waals surface area (Å²) in [6.45, 7) is 6.40. The van der Waals surface area contributed by atoms with Crippen LogP contribution in [0.5, 0.6) is 5.75 Å². The van der Waals surface area contributed by atoms with E-state index in [4.69, 9.17) is 16.3 Å². The number of halogens is 1. The van der Waals surface area contributed by atoms with E-state index < -0.39 is 6.10 Å². The summed E-state index contributed by atoms with van der Waals surface area (Å²) in [4.78, 5) is 12.2. The number of ether oxygens (including phenoxy) is 1. The van der Waals surface area contributed by atoms with E-state index in [1.54, 1.807) is 6.92 Å². The molecule has 2 aromatic rings. The average Bonchev–Trinajstić information content (AvgIpc) is 2.57. The normalized spacial score (nSPS) is 11.8. The van der Waals surface area contributed by atoms with Gasteiger partial charge in [-0.2, -0.15) is 0 Å². The molecule has 0 bridgehead atoms. The molecule has 4 heteroatoms. The van der Waals surface area contributed by atoms with Crippen molar-refractivity contribution >= 4 is 17.5 Å². The first-order valence-corrected chi connectivity index (χ1v) is 8.61. The van der Waals surface area contributed by atoms with Crippen molar-refractivity contribution in [3.63, 3.8) is 0 Å².